The molecule has 0 atom stereocenters. The molecule has 0 spiro atoms. The number of hydrogen-bond acceptors (Lipinski definition) is 2. The van der Waals surface area contributed by atoms with Gasteiger partial charge < -0.3 is 9.88 Å². The van der Waals surface area contributed by atoms with Gasteiger partial charge in [0.05, 0.1) is 12.2 Å². The van der Waals surface area contributed by atoms with E-state index in [1.54, 1.807) is 36.5 Å². The quantitative estimate of drug-likeness (QED) is 0.645. The lowest BCUT2D eigenvalue weighted by Crippen LogP contribution is -2.29. The molecule has 1 amide bonds. The largest absolute Gasteiger partial charge is 0.319 e. The second-order valence-corrected chi connectivity index (χ2v) is 6.85. The van der Waals surface area contributed by atoms with Crippen LogP contribution < -0.4 is 10.9 Å². The number of anilines is 1. The zero-order chi connectivity index (χ0) is 18.7. The van der Waals surface area contributed by atoms with E-state index in [1.165, 1.54) is 22.8 Å². The molecule has 0 fully saturated rings. The molecule has 1 heterocycles. The molecule has 7 heteroatoms. The van der Waals surface area contributed by atoms with E-state index in [2.05, 4.69) is 21.2 Å². The van der Waals surface area contributed by atoms with Crippen molar-refractivity contribution in [2.24, 2.45) is 0 Å². The molecular weight excluding hydrogens is 423 g/mol. The fourth-order valence-electron chi connectivity index (χ4n) is 2.42. The van der Waals surface area contributed by atoms with Gasteiger partial charge in [-0.05, 0) is 42.0 Å². The Labute approximate surface area is 162 Å². The molecule has 26 heavy (non-hydrogen) atoms. The number of carbonyl (C=O) groups is 1. The Kier molecular flexibility index (Phi) is 5.54. The van der Waals surface area contributed by atoms with Crippen molar-refractivity contribution < 1.29 is 9.18 Å². The number of carbonyl (C=O) groups excluding carboxylic acids is 1. The first-order valence-corrected chi connectivity index (χ1v) is 8.82. The fourth-order valence-corrected chi connectivity index (χ4v) is 2.95. The number of rotatable bonds is 4. The third kappa shape index (κ3) is 4.03. The normalized spacial score (nSPS) is 10.6. The van der Waals surface area contributed by atoms with Gasteiger partial charge in [0.1, 0.15) is 11.4 Å². The van der Waals surface area contributed by atoms with Crippen LogP contribution in [0.25, 0.3) is 0 Å². The molecule has 3 rings (SSSR count). The van der Waals surface area contributed by atoms with Gasteiger partial charge in [0, 0.05) is 15.7 Å². The van der Waals surface area contributed by atoms with Crippen LogP contribution in [0.1, 0.15) is 15.9 Å². The van der Waals surface area contributed by atoms with Gasteiger partial charge in [-0.15, -0.1) is 0 Å². The maximum atomic E-state index is 13.9. The maximum Gasteiger partial charge on any atom is 0.263 e. The van der Waals surface area contributed by atoms with Crippen LogP contribution in [0.15, 0.2) is 70.1 Å². The van der Waals surface area contributed by atoms with E-state index in [-0.39, 0.29) is 17.8 Å². The highest BCUT2D eigenvalue weighted by Crippen LogP contribution is 2.20. The summed E-state index contributed by atoms with van der Waals surface area (Å²) in [5, 5.41) is 2.96. The van der Waals surface area contributed by atoms with E-state index in [0.717, 1.165) is 5.56 Å². The van der Waals surface area contributed by atoms with Gasteiger partial charge in [0.25, 0.3) is 11.5 Å². The number of pyridine rings is 1. The predicted octanol–water partition coefficient (Wildman–Crippen LogP) is 4.70. The maximum absolute atomic E-state index is 13.9. The molecule has 4 nitrogen and oxygen atoms in total. The van der Waals surface area contributed by atoms with Crippen molar-refractivity contribution in [3.05, 3.63) is 97.6 Å². The molecule has 2 aromatic carbocycles. The summed E-state index contributed by atoms with van der Waals surface area (Å²) in [5.41, 5.74) is 0.191. The average Bonchev–Trinajstić information content (AvgIpc) is 2.61. The standard InChI is InChI=1S/C19H13BrClFN2O2/c20-13-7-8-17(16(22)10-13)23-18(25)14-5-3-9-24(19(14)26)11-12-4-1-2-6-15(12)21/h1-10H,11H2,(H,23,25). The molecule has 0 aliphatic rings. The van der Waals surface area contributed by atoms with Gasteiger partial charge >= 0.3 is 0 Å². The lowest BCUT2D eigenvalue weighted by Gasteiger charge is -2.10. The van der Waals surface area contributed by atoms with Gasteiger partial charge in [-0.2, -0.15) is 0 Å². The molecule has 0 saturated carbocycles. The summed E-state index contributed by atoms with van der Waals surface area (Å²) in [6.07, 6.45) is 1.57. The Morgan fingerprint density at radius 3 is 2.65 bits per heavy atom. The van der Waals surface area contributed by atoms with E-state index in [1.807, 2.05) is 6.07 Å². The summed E-state index contributed by atoms with van der Waals surface area (Å²) in [4.78, 5) is 25.0. The van der Waals surface area contributed by atoms with Crippen molar-refractivity contribution in [1.82, 2.24) is 4.57 Å². The van der Waals surface area contributed by atoms with E-state index in [4.69, 9.17) is 11.6 Å². The summed E-state index contributed by atoms with van der Waals surface area (Å²) in [6, 6.07) is 14.4. The van der Waals surface area contributed by atoms with Crippen LogP contribution in [-0.2, 0) is 6.54 Å². The summed E-state index contributed by atoms with van der Waals surface area (Å²) in [5.74, 6) is -1.27. The Morgan fingerprint density at radius 1 is 1.15 bits per heavy atom. The van der Waals surface area contributed by atoms with Crippen molar-refractivity contribution in [1.29, 1.82) is 0 Å². The first-order chi connectivity index (χ1) is 12.5. The summed E-state index contributed by atoms with van der Waals surface area (Å²) in [7, 11) is 0. The minimum Gasteiger partial charge on any atom is -0.319 e. The Hall–Kier alpha value is -2.44. The van der Waals surface area contributed by atoms with Crippen LogP contribution in [0, 0.1) is 5.82 Å². The molecule has 0 unspecified atom stereocenters. The Balaban J connectivity index is 1.88. The molecule has 0 radical (unpaired) electrons. The van der Waals surface area contributed by atoms with Crippen LogP contribution in [0.3, 0.4) is 0 Å². The lowest BCUT2D eigenvalue weighted by molar-refractivity contribution is 0.102. The van der Waals surface area contributed by atoms with Crippen molar-refractivity contribution in [3.63, 3.8) is 0 Å². The summed E-state index contributed by atoms with van der Waals surface area (Å²) in [6.45, 7) is 0.228. The molecule has 1 aromatic heterocycles. The number of aromatic nitrogens is 1. The van der Waals surface area contributed by atoms with E-state index in [0.29, 0.717) is 9.50 Å². The Morgan fingerprint density at radius 2 is 1.92 bits per heavy atom. The van der Waals surface area contributed by atoms with E-state index < -0.39 is 17.3 Å². The van der Waals surface area contributed by atoms with Gasteiger partial charge in [-0.25, -0.2) is 4.39 Å². The van der Waals surface area contributed by atoms with Crippen LogP contribution in [0.2, 0.25) is 5.02 Å². The van der Waals surface area contributed by atoms with Gasteiger partial charge in [0.2, 0.25) is 0 Å². The summed E-state index contributed by atoms with van der Waals surface area (Å²) < 4.78 is 15.8. The Bertz CT molecular complexity index is 1040. The fraction of sp³-hybridized carbons (Fsp3) is 0.0526. The number of halogens is 3. The SMILES string of the molecule is O=C(Nc1ccc(Br)cc1F)c1cccn(Cc2ccccc2Cl)c1=O. The molecule has 0 bridgehead atoms. The van der Waals surface area contributed by atoms with Crippen molar-refractivity contribution in [3.8, 4) is 0 Å². The van der Waals surface area contributed by atoms with Crippen LogP contribution in [0.5, 0.6) is 0 Å². The third-order valence-corrected chi connectivity index (χ3v) is 4.60. The van der Waals surface area contributed by atoms with Crippen LogP contribution >= 0.6 is 27.5 Å². The van der Waals surface area contributed by atoms with Crippen molar-refractivity contribution in [2.75, 3.05) is 5.32 Å². The zero-order valence-corrected chi connectivity index (χ0v) is 15.7. The predicted molar refractivity (Wildman–Crippen MR) is 103 cm³/mol. The monoisotopic (exact) mass is 434 g/mol. The second-order valence-electron chi connectivity index (χ2n) is 5.52. The van der Waals surface area contributed by atoms with Crippen LogP contribution in [-0.4, -0.2) is 10.5 Å². The molecule has 132 valence electrons. The minimum atomic E-state index is -0.676. The van der Waals surface area contributed by atoms with Gasteiger partial charge in [0.15, 0.2) is 0 Å². The number of amides is 1. The summed E-state index contributed by atoms with van der Waals surface area (Å²) >= 11 is 9.28. The van der Waals surface area contributed by atoms with E-state index >= 15 is 0 Å². The smallest absolute Gasteiger partial charge is 0.263 e. The van der Waals surface area contributed by atoms with Crippen LogP contribution in [0.4, 0.5) is 10.1 Å². The third-order valence-electron chi connectivity index (χ3n) is 3.74. The zero-order valence-electron chi connectivity index (χ0n) is 13.4. The van der Waals surface area contributed by atoms with Gasteiger partial charge in [-0.1, -0.05) is 45.7 Å². The molecule has 3 aromatic rings. The molecular formula is C19H13BrClFN2O2. The number of nitrogens with zero attached hydrogens (tertiary/aromatic N) is 1. The molecule has 0 aliphatic carbocycles. The lowest BCUT2D eigenvalue weighted by atomic mass is 10.2. The highest BCUT2D eigenvalue weighted by molar-refractivity contribution is 9.10. The molecule has 0 aliphatic heterocycles. The molecule has 0 saturated heterocycles. The van der Waals surface area contributed by atoms with Crippen molar-refractivity contribution >= 4 is 39.1 Å². The average molecular weight is 436 g/mol. The first-order valence-electron chi connectivity index (χ1n) is 7.65. The first kappa shape index (κ1) is 18.4. The molecule has 1 N–H and O–H groups in total. The van der Waals surface area contributed by atoms with Gasteiger partial charge in [-0.3, -0.25) is 9.59 Å². The number of hydrogen-bond donors (Lipinski definition) is 1. The minimum absolute atomic E-state index is 0.000827. The number of benzene rings is 2. The topological polar surface area (TPSA) is 51.1 Å². The highest BCUT2D eigenvalue weighted by atomic mass is 79.9. The van der Waals surface area contributed by atoms with E-state index in [9.17, 15) is 14.0 Å². The number of nitrogens with one attached hydrogen (secondary N) is 1. The highest BCUT2D eigenvalue weighted by Gasteiger charge is 2.15. The van der Waals surface area contributed by atoms with Crippen molar-refractivity contribution in [2.45, 2.75) is 6.54 Å². The second kappa shape index (κ2) is 7.85.